The van der Waals surface area contributed by atoms with Crippen LogP contribution < -0.4 is 9.47 Å². The number of para-hydroxylation sites is 2. The number of rotatable bonds is 4. The third-order valence-electron chi connectivity index (χ3n) is 3.08. The molecule has 0 saturated heterocycles. The first kappa shape index (κ1) is 13.2. The van der Waals surface area contributed by atoms with Crippen molar-refractivity contribution >= 4 is 0 Å². The second-order valence-electron chi connectivity index (χ2n) is 4.51. The Morgan fingerprint density at radius 2 is 1.57 bits per heavy atom. The lowest BCUT2D eigenvalue weighted by molar-refractivity contribution is 0.314. The van der Waals surface area contributed by atoms with Crippen molar-refractivity contribution in [3.05, 3.63) is 60.3 Å². The van der Waals surface area contributed by atoms with Gasteiger partial charge in [-0.2, -0.15) is 4.98 Å². The lowest BCUT2D eigenvalue weighted by Gasteiger charge is -2.06. The van der Waals surface area contributed by atoms with E-state index in [1.165, 1.54) is 0 Å². The molecule has 0 spiro atoms. The van der Waals surface area contributed by atoms with Gasteiger partial charge in [-0.05, 0) is 19.1 Å². The fourth-order valence-electron chi connectivity index (χ4n) is 2.07. The molecule has 0 unspecified atom stereocenters. The van der Waals surface area contributed by atoms with Crippen molar-refractivity contribution in [2.75, 3.05) is 7.11 Å². The molecule has 2 aromatic carbocycles. The first-order valence-corrected chi connectivity index (χ1v) is 6.61. The van der Waals surface area contributed by atoms with Crippen molar-refractivity contribution in [1.29, 1.82) is 0 Å². The van der Waals surface area contributed by atoms with Crippen molar-refractivity contribution < 1.29 is 13.9 Å². The Hall–Kier alpha value is -2.75. The lowest BCUT2D eigenvalue weighted by Crippen LogP contribution is -1.89. The molecule has 0 radical (unpaired) electrons. The summed E-state index contributed by atoms with van der Waals surface area (Å²) in [5.74, 6) is 1.91. The highest BCUT2D eigenvalue weighted by Gasteiger charge is 2.14. The monoisotopic (exact) mass is 281 g/mol. The van der Waals surface area contributed by atoms with Crippen LogP contribution >= 0.6 is 0 Å². The van der Waals surface area contributed by atoms with E-state index in [9.17, 15) is 0 Å². The van der Waals surface area contributed by atoms with Crippen LogP contribution in [-0.4, -0.2) is 12.1 Å². The van der Waals surface area contributed by atoms with Gasteiger partial charge in [-0.25, -0.2) is 0 Å². The van der Waals surface area contributed by atoms with Gasteiger partial charge in [0.25, 0.3) is 0 Å². The SMILES string of the molecule is COc1ccccc1Oc1nc(C)c(-c2ccccc2)o1. The van der Waals surface area contributed by atoms with Crippen LogP contribution in [0.15, 0.2) is 59.0 Å². The zero-order chi connectivity index (χ0) is 14.7. The average molecular weight is 281 g/mol. The summed E-state index contributed by atoms with van der Waals surface area (Å²) in [6.45, 7) is 1.89. The summed E-state index contributed by atoms with van der Waals surface area (Å²) in [6, 6.07) is 17.2. The normalized spacial score (nSPS) is 10.4. The molecule has 0 N–H and O–H groups in total. The zero-order valence-corrected chi connectivity index (χ0v) is 11.9. The number of aryl methyl sites for hydroxylation is 1. The molecule has 0 atom stereocenters. The molecule has 0 aliphatic carbocycles. The van der Waals surface area contributed by atoms with E-state index in [0.29, 0.717) is 17.3 Å². The van der Waals surface area contributed by atoms with E-state index in [2.05, 4.69) is 4.98 Å². The van der Waals surface area contributed by atoms with E-state index >= 15 is 0 Å². The predicted molar refractivity (Wildman–Crippen MR) is 79.7 cm³/mol. The van der Waals surface area contributed by atoms with E-state index < -0.39 is 0 Å². The minimum absolute atomic E-state index is 0.204. The Labute approximate surface area is 123 Å². The maximum atomic E-state index is 5.72. The molecule has 0 aliphatic heterocycles. The molecular weight excluding hydrogens is 266 g/mol. The van der Waals surface area contributed by atoms with Crippen molar-refractivity contribution in [3.63, 3.8) is 0 Å². The van der Waals surface area contributed by atoms with Gasteiger partial charge in [0.05, 0.1) is 12.8 Å². The lowest BCUT2D eigenvalue weighted by atomic mass is 10.1. The number of aromatic nitrogens is 1. The largest absolute Gasteiger partial charge is 0.493 e. The Kier molecular flexibility index (Phi) is 3.60. The zero-order valence-electron chi connectivity index (χ0n) is 11.9. The first-order valence-electron chi connectivity index (χ1n) is 6.61. The van der Waals surface area contributed by atoms with Gasteiger partial charge in [0, 0.05) is 5.56 Å². The number of oxazole rings is 1. The number of hydrogen-bond donors (Lipinski definition) is 0. The molecule has 4 nitrogen and oxygen atoms in total. The predicted octanol–water partition coefficient (Wildman–Crippen LogP) is 4.45. The molecule has 0 fully saturated rings. The van der Waals surface area contributed by atoms with Gasteiger partial charge in [-0.1, -0.05) is 42.5 Å². The van der Waals surface area contributed by atoms with E-state index in [1.54, 1.807) is 13.2 Å². The number of nitrogens with zero attached hydrogens (tertiary/aromatic N) is 1. The minimum atomic E-state index is 0.204. The van der Waals surface area contributed by atoms with E-state index in [4.69, 9.17) is 13.9 Å². The molecule has 0 bridgehead atoms. The van der Waals surface area contributed by atoms with Crippen LogP contribution in [0.2, 0.25) is 0 Å². The topological polar surface area (TPSA) is 44.5 Å². The van der Waals surface area contributed by atoms with Crippen LogP contribution in [-0.2, 0) is 0 Å². The Balaban J connectivity index is 1.91. The summed E-state index contributed by atoms with van der Waals surface area (Å²) in [5.41, 5.74) is 1.75. The second kappa shape index (κ2) is 5.71. The quantitative estimate of drug-likeness (QED) is 0.708. The van der Waals surface area contributed by atoms with Crippen LogP contribution in [0.5, 0.6) is 17.6 Å². The van der Waals surface area contributed by atoms with Crippen LogP contribution in [0.1, 0.15) is 5.69 Å². The third kappa shape index (κ3) is 2.74. The Morgan fingerprint density at radius 3 is 2.29 bits per heavy atom. The van der Waals surface area contributed by atoms with Crippen molar-refractivity contribution in [1.82, 2.24) is 4.98 Å². The van der Waals surface area contributed by atoms with Crippen LogP contribution in [0, 0.1) is 6.92 Å². The smallest absolute Gasteiger partial charge is 0.400 e. The average Bonchev–Trinajstić information content (AvgIpc) is 2.89. The second-order valence-corrected chi connectivity index (χ2v) is 4.51. The molecule has 3 rings (SSSR count). The molecule has 3 aromatic rings. The highest BCUT2D eigenvalue weighted by atomic mass is 16.6. The summed E-state index contributed by atoms with van der Waals surface area (Å²) in [4.78, 5) is 4.31. The van der Waals surface area contributed by atoms with Gasteiger partial charge in [-0.3, -0.25) is 0 Å². The first-order chi connectivity index (χ1) is 10.3. The number of hydrogen-bond acceptors (Lipinski definition) is 4. The number of methoxy groups -OCH3 is 1. The van der Waals surface area contributed by atoms with Gasteiger partial charge in [-0.15, -0.1) is 0 Å². The van der Waals surface area contributed by atoms with E-state index in [-0.39, 0.29) is 6.08 Å². The highest BCUT2D eigenvalue weighted by Crippen LogP contribution is 2.33. The van der Waals surface area contributed by atoms with Crippen molar-refractivity contribution in [2.24, 2.45) is 0 Å². The van der Waals surface area contributed by atoms with Gasteiger partial charge in [0.15, 0.2) is 17.3 Å². The Bertz CT molecular complexity index is 735. The van der Waals surface area contributed by atoms with Crippen LogP contribution in [0.25, 0.3) is 11.3 Å². The molecule has 106 valence electrons. The number of ether oxygens (including phenoxy) is 2. The maximum Gasteiger partial charge on any atom is 0.400 e. The van der Waals surface area contributed by atoms with Gasteiger partial charge >= 0.3 is 6.08 Å². The summed E-state index contributed by atoms with van der Waals surface area (Å²) >= 11 is 0. The molecule has 1 aromatic heterocycles. The summed E-state index contributed by atoms with van der Waals surface area (Å²) in [7, 11) is 1.60. The minimum Gasteiger partial charge on any atom is -0.493 e. The Morgan fingerprint density at radius 1 is 0.905 bits per heavy atom. The fraction of sp³-hybridized carbons (Fsp3) is 0.118. The molecular formula is C17H15NO3. The molecule has 21 heavy (non-hydrogen) atoms. The third-order valence-corrected chi connectivity index (χ3v) is 3.08. The molecule has 4 heteroatoms. The fourth-order valence-corrected chi connectivity index (χ4v) is 2.07. The summed E-state index contributed by atoms with van der Waals surface area (Å²) < 4.78 is 16.6. The van der Waals surface area contributed by atoms with Crippen LogP contribution in [0.3, 0.4) is 0 Å². The van der Waals surface area contributed by atoms with Crippen molar-refractivity contribution in [3.8, 4) is 28.9 Å². The molecule has 0 saturated carbocycles. The maximum absolute atomic E-state index is 5.72. The molecule has 0 aliphatic rings. The molecule has 0 amide bonds. The standard InChI is InChI=1S/C17H15NO3/c1-12-16(13-8-4-3-5-9-13)21-17(18-12)20-15-11-7-6-10-14(15)19-2/h3-11H,1-2H3. The summed E-state index contributed by atoms with van der Waals surface area (Å²) in [5, 5.41) is 0. The van der Waals surface area contributed by atoms with Crippen LogP contribution in [0.4, 0.5) is 0 Å². The molecule has 1 heterocycles. The van der Waals surface area contributed by atoms with Gasteiger partial charge in [0.1, 0.15) is 0 Å². The van der Waals surface area contributed by atoms with E-state index in [0.717, 1.165) is 11.3 Å². The van der Waals surface area contributed by atoms with Gasteiger partial charge in [0.2, 0.25) is 0 Å². The van der Waals surface area contributed by atoms with Crippen molar-refractivity contribution in [2.45, 2.75) is 6.92 Å². The van der Waals surface area contributed by atoms with Gasteiger partial charge < -0.3 is 13.9 Å². The summed E-state index contributed by atoms with van der Waals surface area (Å²) in [6.07, 6.45) is 0.204. The number of benzene rings is 2. The van der Waals surface area contributed by atoms with E-state index in [1.807, 2.05) is 55.5 Å². The highest BCUT2D eigenvalue weighted by molar-refractivity contribution is 5.59.